The van der Waals surface area contributed by atoms with Crippen LogP contribution in [0.15, 0.2) is 53.4 Å². The molecule has 0 atom stereocenters. The number of hydrogen-bond acceptors (Lipinski definition) is 4. The molecule has 0 amide bonds. The zero-order chi connectivity index (χ0) is 13.7. The van der Waals surface area contributed by atoms with Crippen LogP contribution in [-0.2, 0) is 0 Å². The Kier molecular flexibility index (Phi) is 4.36. The second-order valence-electron chi connectivity index (χ2n) is 4.30. The van der Waals surface area contributed by atoms with Gasteiger partial charge in [0.2, 0.25) is 0 Å². The van der Waals surface area contributed by atoms with E-state index in [-0.39, 0.29) is 5.78 Å². The molecule has 2 rings (SSSR count). The van der Waals surface area contributed by atoms with Gasteiger partial charge >= 0.3 is 0 Å². The molecule has 2 aromatic rings. The van der Waals surface area contributed by atoms with E-state index in [1.807, 2.05) is 60.1 Å². The minimum absolute atomic E-state index is 0.0126. The normalized spacial score (nSPS) is 10.6. The highest BCUT2D eigenvalue weighted by Crippen LogP contribution is 2.15. The molecule has 98 valence electrons. The fourth-order valence-electron chi connectivity index (χ4n) is 1.57. The SMILES string of the molecule is CN(C)c1ccc(N/C=C\C(=O)c2ccsc2)cc1. The Hall–Kier alpha value is -2.07. The topological polar surface area (TPSA) is 32.3 Å². The van der Waals surface area contributed by atoms with Crippen molar-refractivity contribution in [3.8, 4) is 0 Å². The van der Waals surface area contributed by atoms with E-state index < -0.39 is 0 Å². The maximum Gasteiger partial charge on any atom is 0.188 e. The molecule has 0 aliphatic rings. The molecule has 3 nitrogen and oxygen atoms in total. The lowest BCUT2D eigenvalue weighted by Gasteiger charge is -2.12. The number of carbonyl (C=O) groups excluding carboxylic acids is 1. The Morgan fingerprint density at radius 2 is 1.95 bits per heavy atom. The quantitative estimate of drug-likeness (QED) is 0.666. The van der Waals surface area contributed by atoms with E-state index >= 15 is 0 Å². The highest BCUT2D eigenvalue weighted by Gasteiger charge is 2.00. The zero-order valence-electron chi connectivity index (χ0n) is 11.0. The third kappa shape index (κ3) is 3.69. The predicted octanol–water partition coefficient (Wildman–Crippen LogP) is 3.62. The monoisotopic (exact) mass is 272 g/mol. The van der Waals surface area contributed by atoms with E-state index in [4.69, 9.17) is 0 Å². The summed E-state index contributed by atoms with van der Waals surface area (Å²) < 4.78 is 0. The van der Waals surface area contributed by atoms with Crippen molar-refractivity contribution in [3.05, 3.63) is 58.9 Å². The fourth-order valence-corrected chi connectivity index (χ4v) is 2.22. The molecule has 19 heavy (non-hydrogen) atoms. The molecule has 0 radical (unpaired) electrons. The van der Waals surface area contributed by atoms with Crippen LogP contribution in [0.5, 0.6) is 0 Å². The number of nitrogens with zero attached hydrogens (tertiary/aromatic N) is 1. The van der Waals surface area contributed by atoms with E-state index in [2.05, 4.69) is 5.32 Å². The summed E-state index contributed by atoms with van der Waals surface area (Å²) in [5.74, 6) is 0.0126. The van der Waals surface area contributed by atoms with Crippen LogP contribution in [0.4, 0.5) is 11.4 Å². The first-order chi connectivity index (χ1) is 9.16. The van der Waals surface area contributed by atoms with Crippen LogP contribution in [0.2, 0.25) is 0 Å². The lowest BCUT2D eigenvalue weighted by Crippen LogP contribution is -2.08. The molecule has 0 saturated heterocycles. The Labute approximate surface area is 117 Å². The summed E-state index contributed by atoms with van der Waals surface area (Å²) in [6.07, 6.45) is 3.21. The molecule has 0 saturated carbocycles. The lowest BCUT2D eigenvalue weighted by molar-refractivity contribution is 0.104. The molecule has 1 aromatic carbocycles. The molecule has 1 aromatic heterocycles. The van der Waals surface area contributed by atoms with E-state index in [0.717, 1.165) is 16.9 Å². The number of hydrogen-bond donors (Lipinski definition) is 1. The van der Waals surface area contributed by atoms with Gasteiger partial charge in [-0.1, -0.05) is 0 Å². The largest absolute Gasteiger partial charge is 0.378 e. The first kappa shape index (κ1) is 13.4. The summed E-state index contributed by atoms with van der Waals surface area (Å²) in [6.45, 7) is 0. The van der Waals surface area contributed by atoms with Gasteiger partial charge in [-0.25, -0.2) is 0 Å². The number of carbonyl (C=O) groups is 1. The van der Waals surface area contributed by atoms with Crippen LogP contribution >= 0.6 is 11.3 Å². The van der Waals surface area contributed by atoms with Crippen LogP contribution in [-0.4, -0.2) is 19.9 Å². The standard InChI is InChI=1S/C15H16N2OS/c1-17(2)14-5-3-13(4-6-14)16-9-7-15(18)12-8-10-19-11-12/h3-11,16H,1-2H3/b9-7-. The molecule has 0 bridgehead atoms. The first-order valence-electron chi connectivity index (χ1n) is 5.94. The van der Waals surface area contributed by atoms with Gasteiger partial charge in [-0.2, -0.15) is 11.3 Å². The molecule has 0 unspecified atom stereocenters. The summed E-state index contributed by atoms with van der Waals surface area (Å²) in [7, 11) is 4.00. The molecule has 0 fully saturated rings. The maximum absolute atomic E-state index is 11.7. The minimum atomic E-state index is 0.0126. The second kappa shape index (κ2) is 6.20. The van der Waals surface area contributed by atoms with Crippen LogP contribution in [0.1, 0.15) is 10.4 Å². The van der Waals surface area contributed by atoms with Crippen LogP contribution in [0.25, 0.3) is 0 Å². The van der Waals surface area contributed by atoms with E-state index in [1.165, 1.54) is 11.3 Å². The van der Waals surface area contributed by atoms with Gasteiger partial charge in [-0.05, 0) is 35.7 Å². The van der Waals surface area contributed by atoms with Gasteiger partial charge in [-0.15, -0.1) is 0 Å². The van der Waals surface area contributed by atoms with Crippen LogP contribution < -0.4 is 10.2 Å². The number of nitrogens with one attached hydrogen (secondary N) is 1. The Bertz CT molecular complexity index is 556. The highest BCUT2D eigenvalue weighted by atomic mass is 32.1. The van der Waals surface area contributed by atoms with E-state index in [1.54, 1.807) is 12.3 Å². The second-order valence-corrected chi connectivity index (χ2v) is 5.08. The molecule has 0 aliphatic heterocycles. The third-order valence-electron chi connectivity index (χ3n) is 2.67. The van der Waals surface area contributed by atoms with E-state index in [0.29, 0.717) is 0 Å². The summed E-state index contributed by atoms with van der Waals surface area (Å²) in [5.41, 5.74) is 2.83. The average Bonchev–Trinajstić information content (AvgIpc) is 2.93. The van der Waals surface area contributed by atoms with Crippen LogP contribution in [0.3, 0.4) is 0 Å². The summed E-state index contributed by atoms with van der Waals surface area (Å²) in [5, 5.41) is 6.83. The molecule has 1 N–H and O–H groups in total. The molecular formula is C15H16N2OS. The van der Waals surface area contributed by atoms with Crippen molar-refractivity contribution in [3.63, 3.8) is 0 Å². The van der Waals surface area contributed by atoms with Crippen molar-refractivity contribution in [1.29, 1.82) is 0 Å². The molecule has 1 heterocycles. The van der Waals surface area contributed by atoms with Gasteiger partial charge in [-0.3, -0.25) is 4.79 Å². The van der Waals surface area contributed by atoms with Crippen molar-refractivity contribution in [1.82, 2.24) is 0 Å². The van der Waals surface area contributed by atoms with Crippen molar-refractivity contribution >= 4 is 28.5 Å². The Morgan fingerprint density at radius 3 is 2.53 bits per heavy atom. The van der Waals surface area contributed by atoms with E-state index in [9.17, 15) is 4.79 Å². The lowest BCUT2D eigenvalue weighted by atomic mass is 10.2. The summed E-state index contributed by atoms with van der Waals surface area (Å²) >= 11 is 1.52. The van der Waals surface area contributed by atoms with Gasteiger partial charge in [0.05, 0.1) is 0 Å². The Morgan fingerprint density at radius 1 is 1.21 bits per heavy atom. The summed E-state index contributed by atoms with van der Waals surface area (Å²) in [4.78, 5) is 13.8. The molecule has 4 heteroatoms. The van der Waals surface area contributed by atoms with Gasteiger partial charge in [0.15, 0.2) is 5.78 Å². The zero-order valence-corrected chi connectivity index (χ0v) is 11.8. The fraction of sp³-hybridized carbons (Fsp3) is 0.133. The van der Waals surface area contributed by atoms with Crippen molar-refractivity contribution in [2.24, 2.45) is 0 Å². The van der Waals surface area contributed by atoms with Gasteiger partial charge in [0.1, 0.15) is 0 Å². The molecule has 0 spiro atoms. The number of rotatable bonds is 5. The highest BCUT2D eigenvalue weighted by molar-refractivity contribution is 7.08. The summed E-state index contributed by atoms with van der Waals surface area (Å²) in [6, 6.07) is 9.83. The average molecular weight is 272 g/mol. The smallest absolute Gasteiger partial charge is 0.188 e. The van der Waals surface area contributed by atoms with Gasteiger partial charge in [0.25, 0.3) is 0 Å². The van der Waals surface area contributed by atoms with Gasteiger partial charge < -0.3 is 10.2 Å². The first-order valence-corrected chi connectivity index (χ1v) is 6.88. The molecular weight excluding hydrogens is 256 g/mol. The Balaban J connectivity index is 1.93. The number of allylic oxidation sites excluding steroid dienone is 1. The van der Waals surface area contributed by atoms with Crippen molar-refractivity contribution in [2.75, 3.05) is 24.3 Å². The number of benzene rings is 1. The van der Waals surface area contributed by atoms with Crippen molar-refractivity contribution in [2.45, 2.75) is 0 Å². The molecule has 0 aliphatic carbocycles. The third-order valence-corrected chi connectivity index (χ3v) is 3.36. The maximum atomic E-state index is 11.7. The minimum Gasteiger partial charge on any atom is -0.378 e. The number of anilines is 2. The predicted molar refractivity (Wildman–Crippen MR) is 82.2 cm³/mol. The van der Waals surface area contributed by atoms with Crippen LogP contribution in [0, 0.1) is 0 Å². The number of thiophene rings is 1. The van der Waals surface area contributed by atoms with Gasteiger partial charge in [0, 0.05) is 48.7 Å². The van der Waals surface area contributed by atoms with Crippen molar-refractivity contribution < 1.29 is 4.79 Å². The number of ketones is 1.